The molecule has 4 rings (SSSR count). The average molecular weight is 324 g/mol. The summed E-state index contributed by atoms with van der Waals surface area (Å²) >= 11 is 0. The first kappa shape index (κ1) is 14.6. The lowest BCUT2D eigenvalue weighted by Gasteiger charge is -2.15. The van der Waals surface area contributed by atoms with Crippen LogP contribution in [-0.2, 0) is 0 Å². The zero-order valence-electron chi connectivity index (χ0n) is 13.1. The van der Waals surface area contributed by atoms with Crippen molar-refractivity contribution in [2.24, 2.45) is 0 Å². The highest BCUT2D eigenvalue weighted by Gasteiger charge is 2.40. The number of amides is 1. The number of hydrogen-bond donors (Lipinski definition) is 0. The largest absolute Gasteiger partial charge is 0.361 e. The van der Waals surface area contributed by atoms with Gasteiger partial charge in [0.15, 0.2) is 11.5 Å². The first-order valence-corrected chi connectivity index (χ1v) is 7.76. The van der Waals surface area contributed by atoms with E-state index in [4.69, 9.17) is 9.05 Å². The van der Waals surface area contributed by atoms with Gasteiger partial charge in [-0.2, -0.15) is 4.98 Å². The van der Waals surface area contributed by atoms with Gasteiger partial charge in [-0.25, -0.2) is 0 Å². The normalized spacial score (nSPS) is 20.5. The average Bonchev–Trinajstić information content (AvgIpc) is 3.35. The van der Waals surface area contributed by atoms with Gasteiger partial charge in [0.05, 0.1) is 0 Å². The van der Waals surface area contributed by atoms with Crippen molar-refractivity contribution in [1.29, 1.82) is 0 Å². The Morgan fingerprint density at radius 3 is 2.62 bits per heavy atom. The standard InChI is InChI=1S/C17H16N4O3/c1-11-7-15(19-24-11)17(22)21-8-13(12-5-3-2-4-6-12)14(9-21)16-18-10-23-20-16/h2-7,10,13-14H,8-9H2,1H3/t13-,14+/m0/s1. The van der Waals surface area contributed by atoms with Crippen molar-refractivity contribution in [3.63, 3.8) is 0 Å². The predicted molar refractivity (Wildman–Crippen MR) is 83.4 cm³/mol. The summed E-state index contributed by atoms with van der Waals surface area (Å²) in [4.78, 5) is 18.7. The maximum absolute atomic E-state index is 12.7. The van der Waals surface area contributed by atoms with Crippen molar-refractivity contribution in [2.45, 2.75) is 18.8 Å². The van der Waals surface area contributed by atoms with Crippen molar-refractivity contribution in [3.8, 4) is 0 Å². The second kappa shape index (κ2) is 5.92. The summed E-state index contributed by atoms with van der Waals surface area (Å²) in [5.41, 5.74) is 1.48. The number of carbonyl (C=O) groups excluding carboxylic acids is 1. The highest BCUT2D eigenvalue weighted by Crippen LogP contribution is 2.38. The summed E-state index contributed by atoms with van der Waals surface area (Å²) in [6, 6.07) is 11.7. The molecule has 7 heteroatoms. The monoisotopic (exact) mass is 324 g/mol. The van der Waals surface area contributed by atoms with Gasteiger partial charge >= 0.3 is 0 Å². The molecule has 1 aliphatic rings. The molecule has 3 aromatic rings. The summed E-state index contributed by atoms with van der Waals surface area (Å²) in [6.45, 7) is 2.86. The topological polar surface area (TPSA) is 85.3 Å². The van der Waals surface area contributed by atoms with Crippen LogP contribution < -0.4 is 0 Å². The first-order valence-electron chi connectivity index (χ1n) is 7.76. The summed E-state index contributed by atoms with van der Waals surface area (Å²) in [5, 5.41) is 7.82. The Bertz CT molecular complexity index is 829. The molecule has 24 heavy (non-hydrogen) atoms. The van der Waals surface area contributed by atoms with Crippen LogP contribution in [0.15, 0.2) is 51.8 Å². The second-order valence-electron chi connectivity index (χ2n) is 5.95. The third-order valence-corrected chi connectivity index (χ3v) is 4.39. The van der Waals surface area contributed by atoms with Gasteiger partial charge in [0.1, 0.15) is 5.76 Å². The van der Waals surface area contributed by atoms with E-state index in [1.807, 2.05) is 18.2 Å². The molecule has 122 valence electrons. The van der Waals surface area contributed by atoms with Crippen LogP contribution in [0.3, 0.4) is 0 Å². The minimum atomic E-state index is -0.140. The summed E-state index contributed by atoms with van der Waals surface area (Å²) in [5.74, 6) is 1.20. The lowest BCUT2D eigenvalue weighted by molar-refractivity contribution is 0.0778. The van der Waals surface area contributed by atoms with Gasteiger partial charge in [-0.15, -0.1) is 0 Å². The van der Waals surface area contributed by atoms with E-state index in [1.54, 1.807) is 17.9 Å². The number of nitrogens with zero attached hydrogens (tertiary/aromatic N) is 4. The molecule has 7 nitrogen and oxygen atoms in total. The highest BCUT2D eigenvalue weighted by atomic mass is 16.5. The number of rotatable bonds is 3. The maximum Gasteiger partial charge on any atom is 0.276 e. The van der Waals surface area contributed by atoms with E-state index in [1.165, 1.54) is 6.39 Å². The van der Waals surface area contributed by atoms with Gasteiger partial charge in [0, 0.05) is 31.0 Å². The number of aryl methyl sites for hydroxylation is 1. The molecule has 0 unspecified atom stereocenters. The van der Waals surface area contributed by atoms with Gasteiger partial charge in [-0.05, 0) is 12.5 Å². The molecule has 0 bridgehead atoms. The fourth-order valence-corrected chi connectivity index (χ4v) is 3.24. The SMILES string of the molecule is Cc1cc(C(=O)N2C[C@@H](c3ccccc3)[C@H](c3ncon3)C2)no1. The zero-order chi connectivity index (χ0) is 16.5. The minimum absolute atomic E-state index is 0.0110. The molecular formula is C17H16N4O3. The van der Waals surface area contributed by atoms with E-state index in [9.17, 15) is 4.79 Å². The predicted octanol–water partition coefficient (Wildman–Crippen LogP) is 2.39. The quantitative estimate of drug-likeness (QED) is 0.735. The lowest BCUT2D eigenvalue weighted by Crippen LogP contribution is -2.29. The Kier molecular flexibility index (Phi) is 3.60. The second-order valence-corrected chi connectivity index (χ2v) is 5.95. The van der Waals surface area contributed by atoms with E-state index in [2.05, 4.69) is 27.4 Å². The van der Waals surface area contributed by atoms with Crippen LogP contribution in [-0.4, -0.2) is 39.2 Å². The minimum Gasteiger partial charge on any atom is -0.361 e. The number of likely N-dealkylation sites (tertiary alicyclic amines) is 1. The van der Waals surface area contributed by atoms with Gasteiger partial charge in [-0.3, -0.25) is 4.79 Å². The molecule has 0 spiro atoms. The lowest BCUT2D eigenvalue weighted by atomic mass is 9.88. The molecule has 1 fully saturated rings. The number of aromatic nitrogens is 3. The van der Waals surface area contributed by atoms with Gasteiger partial charge in [0.2, 0.25) is 6.39 Å². The van der Waals surface area contributed by atoms with E-state index < -0.39 is 0 Å². The van der Waals surface area contributed by atoms with Crippen LogP contribution in [0.2, 0.25) is 0 Å². The van der Waals surface area contributed by atoms with Gasteiger partial charge < -0.3 is 13.9 Å². The van der Waals surface area contributed by atoms with Crippen LogP contribution in [0, 0.1) is 6.92 Å². The van der Waals surface area contributed by atoms with Crippen molar-refractivity contribution in [2.75, 3.05) is 13.1 Å². The fraction of sp³-hybridized carbons (Fsp3) is 0.294. The van der Waals surface area contributed by atoms with E-state index in [0.717, 1.165) is 5.56 Å². The van der Waals surface area contributed by atoms with Crippen LogP contribution in [0.5, 0.6) is 0 Å². The summed E-state index contributed by atoms with van der Waals surface area (Å²) in [7, 11) is 0. The van der Waals surface area contributed by atoms with E-state index in [-0.39, 0.29) is 17.7 Å². The smallest absolute Gasteiger partial charge is 0.276 e. The first-order chi connectivity index (χ1) is 11.7. The summed E-state index contributed by atoms with van der Waals surface area (Å²) < 4.78 is 9.92. The van der Waals surface area contributed by atoms with Crippen molar-refractivity contribution in [1.82, 2.24) is 20.2 Å². The van der Waals surface area contributed by atoms with E-state index in [0.29, 0.717) is 30.4 Å². The highest BCUT2D eigenvalue weighted by molar-refractivity contribution is 5.92. The third-order valence-electron chi connectivity index (χ3n) is 4.39. The van der Waals surface area contributed by atoms with Crippen molar-refractivity contribution < 1.29 is 13.8 Å². The van der Waals surface area contributed by atoms with E-state index >= 15 is 0 Å². The molecule has 0 N–H and O–H groups in total. The van der Waals surface area contributed by atoms with Crippen LogP contribution in [0.4, 0.5) is 0 Å². The molecule has 2 atom stereocenters. The molecule has 1 aromatic carbocycles. The molecule has 1 amide bonds. The Hall–Kier alpha value is -2.96. The molecule has 0 saturated carbocycles. The molecular weight excluding hydrogens is 308 g/mol. The Balaban J connectivity index is 1.64. The van der Waals surface area contributed by atoms with Gasteiger partial charge in [0.25, 0.3) is 5.91 Å². The number of carbonyl (C=O) groups is 1. The van der Waals surface area contributed by atoms with Crippen molar-refractivity contribution in [3.05, 3.63) is 65.6 Å². The molecule has 0 radical (unpaired) electrons. The number of benzene rings is 1. The summed E-state index contributed by atoms with van der Waals surface area (Å²) in [6.07, 6.45) is 1.32. The third kappa shape index (κ3) is 2.58. The molecule has 3 heterocycles. The van der Waals surface area contributed by atoms with Crippen LogP contribution in [0.25, 0.3) is 0 Å². The Labute approximate surface area is 138 Å². The van der Waals surface area contributed by atoms with Crippen LogP contribution >= 0.6 is 0 Å². The molecule has 2 aromatic heterocycles. The van der Waals surface area contributed by atoms with Crippen LogP contribution in [0.1, 0.15) is 39.5 Å². The molecule has 1 aliphatic heterocycles. The number of hydrogen-bond acceptors (Lipinski definition) is 6. The Morgan fingerprint density at radius 2 is 1.96 bits per heavy atom. The Morgan fingerprint density at radius 1 is 1.17 bits per heavy atom. The zero-order valence-corrected chi connectivity index (χ0v) is 13.1. The molecule has 1 saturated heterocycles. The van der Waals surface area contributed by atoms with Crippen molar-refractivity contribution >= 4 is 5.91 Å². The maximum atomic E-state index is 12.7. The van der Waals surface area contributed by atoms with Gasteiger partial charge in [-0.1, -0.05) is 40.6 Å². The fourth-order valence-electron chi connectivity index (χ4n) is 3.24. The molecule has 0 aliphatic carbocycles.